The quantitative estimate of drug-likeness (QED) is 0.733. The van der Waals surface area contributed by atoms with Gasteiger partial charge in [-0.25, -0.2) is 4.79 Å². The standard InChI is InChI=1S/C21H25NO4/c1-16(20(23)25-2)13-19(14-17-9-5-3-6-10-17)22-21(24)26-15-18-11-7-4-8-12-18/h3-12,16,19H,13-15H2,1-2H3,(H,22,24)/t16?,19-/m1/s1. The number of rotatable bonds is 8. The molecule has 1 N–H and O–H groups in total. The van der Waals surface area contributed by atoms with E-state index in [1.807, 2.05) is 60.7 Å². The minimum atomic E-state index is -0.494. The number of alkyl carbamates (subject to hydrolysis) is 1. The number of ether oxygens (including phenoxy) is 2. The third-order valence-corrected chi connectivity index (χ3v) is 4.10. The van der Waals surface area contributed by atoms with Crippen LogP contribution in [0.1, 0.15) is 24.5 Å². The van der Waals surface area contributed by atoms with Gasteiger partial charge in [0.25, 0.3) is 0 Å². The molecule has 0 radical (unpaired) electrons. The molecule has 26 heavy (non-hydrogen) atoms. The number of methoxy groups -OCH3 is 1. The molecule has 0 fully saturated rings. The SMILES string of the molecule is COC(=O)C(C)C[C@H](Cc1ccccc1)NC(=O)OCc1ccccc1. The fourth-order valence-corrected chi connectivity index (χ4v) is 2.75. The van der Waals surface area contributed by atoms with Crippen molar-refractivity contribution >= 4 is 12.1 Å². The van der Waals surface area contributed by atoms with Gasteiger partial charge in [-0.2, -0.15) is 0 Å². The molecule has 0 aliphatic carbocycles. The molecular weight excluding hydrogens is 330 g/mol. The molecule has 0 saturated heterocycles. The monoisotopic (exact) mass is 355 g/mol. The Morgan fingerprint density at radius 1 is 0.962 bits per heavy atom. The van der Waals surface area contributed by atoms with Crippen molar-refractivity contribution in [2.45, 2.75) is 32.4 Å². The molecule has 5 heteroatoms. The number of benzene rings is 2. The third kappa shape index (κ3) is 6.59. The second kappa shape index (κ2) is 10.2. The molecule has 0 heterocycles. The lowest BCUT2D eigenvalue weighted by Gasteiger charge is -2.21. The molecule has 2 aromatic carbocycles. The number of carbonyl (C=O) groups is 2. The summed E-state index contributed by atoms with van der Waals surface area (Å²) in [4.78, 5) is 23.9. The summed E-state index contributed by atoms with van der Waals surface area (Å²) in [6.07, 6.45) is 0.594. The van der Waals surface area contributed by atoms with Gasteiger partial charge >= 0.3 is 12.1 Å². The average molecular weight is 355 g/mol. The van der Waals surface area contributed by atoms with Gasteiger partial charge in [0.1, 0.15) is 6.61 Å². The Morgan fingerprint density at radius 2 is 1.54 bits per heavy atom. The molecule has 138 valence electrons. The van der Waals surface area contributed by atoms with Gasteiger partial charge in [0.15, 0.2) is 0 Å². The minimum absolute atomic E-state index is 0.206. The summed E-state index contributed by atoms with van der Waals surface area (Å²) < 4.78 is 10.1. The van der Waals surface area contributed by atoms with E-state index >= 15 is 0 Å². The highest BCUT2D eigenvalue weighted by Gasteiger charge is 2.22. The van der Waals surface area contributed by atoms with Gasteiger partial charge in [-0.1, -0.05) is 67.6 Å². The van der Waals surface area contributed by atoms with E-state index in [4.69, 9.17) is 9.47 Å². The molecule has 0 aliphatic heterocycles. The highest BCUT2D eigenvalue weighted by Crippen LogP contribution is 2.13. The zero-order valence-electron chi connectivity index (χ0n) is 15.2. The van der Waals surface area contributed by atoms with E-state index < -0.39 is 6.09 Å². The number of amides is 1. The van der Waals surface area contributed by atoms with Crippen LogP contribution in [-0.4, -0.2) is 25.2 Å². The molecule has 0 spiro atoms. The summed E-state index contributed by atoms with van der Waals surface area (Å²) >= 11 is 0. The highest BCUT2D eigenvalue weighted by atomic mass is 16.5. The zero-order valence-corrected chi connectivity index (χ0v) is 15.2. The van der Waals surface area contributed by atoms with Gasteiger partial charge in [-0.05, 0) is 24.0 Å². The first-order chi connectivity index (χ1) is 12.6. The molecule has 2 atom stereocenters. The predicted molar refractivity (Wildman–Crippen MR) is 99.5 cm³/mol. The topological polar surface area (TPSA) is 64.6 Å². The lowest BCUT2D eigenvalue weighted by atomic mass is 9.96. The molecule has 0 aromatic heterocycles. The normalized spacial score (nSPS) is 12.7. The van der Waals surface area contributed by atoms with Crippen molar-refractivity contribution in [2.75, 3.05) is 7.11 Å². The third-order valence-electron chi connectivity index (χ3n) is 4.10. The number of carbonyl (C=O) groups excluding carboxylic acids is 2. The van der Waals surface area contributed by atoms with Crippen molar-refractivity contribution in [3.63, 3.8) is 0 Å². The fourth-order valence-electron chi connectivity index (χ4n) is 2.75. The second-order valence-electron chi connectivity index (χ2n) is 6.25. The smallest absolute Gasteiger partial charge is 0.407 e. The second-order valence-corrected chi connectivity index (χ2v) is 6.25. The number of hydrogen-bond acceptors (Lipinski definition) is 4. The van der Waals surface area contributed by atoms with Gasteiger partial charge in [0.05, 0.1) is 13.0 Å². The first-order valence-corrected chi connectivity index (χ1v) is 8.67. The van der Waals surface area contributed by atoms with Gasteiger partial charge in [-0.3, -0.25) is 4.79 Å². The Hall–Kier alpha value is -2.82. The van der Waals surface area contributed by atoms with Gasteiger partial charge in [0, 0.05) is 6.04 Å². The maximum Gasteiger partial charge on any atom is 0.407 e. The van der Waals surface area contributed by atoms with Gasteiger partial charge < -0.3 is 14.8 Å². The van der Waals surface area contributed by atoms with Crippen LogP contribution in [-0.2, 0) is 27.3 Å². The van der Waals surface area contributed by atoms with Crippen molar-refractivity contribution in [1.82, 2.24) is 5.32 Å². The van der Waals surface area contributed by atoms with Crippen LogP contribution in [0.2, 0.25) is 0 Å². The van der Waals surface area contributed by atoms with Gasteiger partial charge in [0.2, 0.25) is 0 Å². The summed E-state index contributed by atoms with van der Waals surface area (Å²) in [7, 11) is 1.37. The zero-order chi connectivity index (χ0) is 18.8. The molecule has 0 saturated carbocycles. The molecule has 0 bridgehead atoms. The summed E-state index contributed by atoms with van der Waals surface area (Å²) in [6.45, 7) is 2.00. The predicted octanol–water partition coefficient (Wildman–Crippen LogP) is 3.72. The lowest BCUT2D eigenvalue weighted by Crippen LogP contribution is -2.39. The van der Waals surface area contributed by atoms with E-state index in [9.17, 15) is 9.59 Å². The Kier molecular flexibility index (Phi) is 7.68. The highest BCUT2D eigenvalue weighted by molar-refractivity contribution is 5.72. The average Bonchev–Trinajstić information content (AvgIpc) is 2.67. The fraction of sp³-hybridized carbons (Fsp3) is 0.333. The Labute approximate surface area is 154 Å². The van der Waals surface area contributed by atoms with Crippen molar-refractivity contribution in [3.8, 4) is 0 Å². The Morgan fingerprint density at radius 3 is 2.12 bits per heavy atom. The van der Waals surface area contributed by atoms with Crippen molar-refractivity contribution in [1.29, 1.82) is 0 Å². The lowest BCUT2D eigenvalue weighted by molar-refractivity contribution is -0.145. The van der Waals surface area contributed by atoms with Crippen LogP contribution in [0.3, 0.4) is 0 Å². The first kappa shape index (κ1) is 19.5. The number of esters is 1. The minimum Gasteiger partial charge on any atom is -0.469 e. The van der Waals surface area contributed by atoms with E-state index in [1.165, 1.54) is 7.11 Å². The molecular formula is C21H25NO4. The number of hydrogen-bond donors (Lipinski definition) is 1. The van der Waals surface area contributed by atoms with Crippen molar-refractivity contribution < 1.29 is 19.1 Å². The van der Waals surface area contributed by atoms with Gasteiger partial charge in [-0.15, -0.1) is 0 Å². The van der Waals surface area contributed by atoms with E-state index in [0.717, 1.165) is 11.1 Å². The molecule has 5 nitrogen and oxygen atoms in total. The van der Waals surface area contributed by atoms with E-state index in [0.29, 0.717) is 12.8 Å². The molecule has 0 aliphatic rings. The van der Waals surface area contributed by atoms with E-state index in [-0.39, 0.29) is 24.5 Å². The maximum atomic E-state index is 12.2. The summed E-state index contributed by atoms with van der Waals surface area (Å²) in [6, 6.07) is 19.1. The summed E-state index contributed by atoms with van der Waals surface area (Å²) in [5, 5.41) is 2.88. The Bertz CT molecular complexity index is 688. The molecule has 2 aromatic rings. The van der Waals surface area contributed by atoms with Crippen molar-refractivity contribution in [3.05, 3.63) is 71.8 Å². The molecule has 2 rings (SSSR count). The Balaban J connectivity index is 1.95. The van der Waals surface area contributed by atoms with Crippen LogP contribution in [0, 0.1) is 5.92 Å². The maximum absolute atomic E-state index is 12.2. The summed E-state index contributed by atoms with van der Waals surface area (Å²) in [5.41, 5.74) is 2.00. The first-order valence-electron chi connectivity index (χ1n) is 8.67. The van der Waals surface area contributed by atoms with Crippen LogP contribution in [0.4, 0.5) is 4.79 Å². The summed E-state index contributed by atoms with van der Waals surface area (Å²) in [5.74, 6) is -0.606. The number of nitrogens with one attached hydrogen (secondary N) is 1. The van der Waals surface area contributed by atoms with Crippen LogP contribution in [0.5, 0.6) is 0 Å². The van der Waals surface area contributed by atoms with Crippen LogP contribution in [0.25, 0.3) is 0 Å². The van der Waals surface area contributed by atoms with Crippen LogP contribution >= 0.6 is 0 Å². The van der Waals surface area contributed by atoms with E-state index in [2.05, 4.69) is 5.32 Å². The van der Waals surface area contributed by atoms with Crippen LogP contribution < -0.4 is 5.32 Å². The van der Waals surface area contributed by atoms with Crippen molar-refractivity contribution in [2.24, 2.45) is 5.92 Å². The van der Waals surface area contributed by atoms with E-state index in [1.54, 1.807) is 6.92 Å². The molecule has 1 unspecified atom stereocenters. The largest absolute Gasteiger partial charge is 0.469 e. The van der Waals surface area contributed by atoms with Crippen LogP contribution in [0.15, 0.2) is 60.7 Å². The molecule has 1 amide bonds.